The van der Waals surface area contributed by atoms with Crippen LogP contribution in [0.4, 0.5) is 5.69 Å². The molecule has 3 aromatic rings. The zero-order valence-electron chi connectivity index (χ0n) is 18.8. The number of nitriles is 1. The van der Waals surface area contributed by atoms with Crippen molar-refractivity contribution in [3.8, 4) is 23.3 Å². The van der Waals surface area contributed by atoms with Gasteiger partial charge in [0, 0.05) is 9.26 Å². The number of carbonyl (C=O) groups is 2. The fraction of sp³-hybridized carbons (Fsp3) is 0.115. The number of benzene rings is 3. The van der Waals surface area contributed by atoms with Gasteiger partial charge < -0.3 is 19.5 Å². The lowest BCUT2D eigenvalue weighted by Crippen LogP contribution is -2.13. The van der Waals surface area contributed by atoms with Gasteiger partial charge in [0.05, 0.1) is 22.9 Å². The van der Waals surface area contributed by atoms with Crippen LogP contribution < -0.4 is 19.5 Å². The van der Waals surface area contributed by atoms with Crippen molar-refractivity contribution in [3.63, 3.8) is 0 Å². The first-order chi connectivity index (χ1) is 16.8. The number of nitrogens with one attached hydrogen (secondary N) is 1. The van der Waals surface area contributed by atoms with E-state index in [0.717, 1.165) is 3.57 Å². The lowest BCUT2D eigenvalue weighted by Gasteiger charge is -2.14. The molecule has 0 aliphatic heterocycles. The predicted octanol–water partition coefficient (Wildman–Crippen LogP) is 6.07. The molecule has 1 N–H and O–H groups in total. The topological polar surface area (TPSA) is 97.6 Å². The highest BCUT2D eigenvalue weighted by Gasteiger charge is 2.18. The van der Waals surface area contributed by atoms with Crippen LogP contribution in [-0.4, -0.2) is 25.6 Å². The average molecular weight is 694 g/mol. The number of amides is 1. The first-order valence-electron chi connectivity index (χ1n) is 10.4. The van der Waals surface area contributed by atoms with Crippen molar-refractivity contribution in [2.45, 2.75) is 6.92 Å². The largest absolute Gasteiger partial charge is 0.497 e. The molecule has 0 heterocycles. The van der Waals surface area contributed by atoms with Gasteiger partial charge in [-0.1, -0.05) is 6.07 Å². The number of hydrogen-bond acceptors (Lipinski definition) is 6. The van der Waals surface area contributed by atoms with Gasteiger partial charge in [0.2, 0.25) is 0 Å². The Morgan fingerprint density at radius 3 is 2.46 bits per heavy atom. The van der Waals surface area contributed by atoms with Crippen molar-refractivity contribution in [2.24, 2.45) is 0 Å². The molecule has 0 fully saturated rings. The van der Waals surface area contributed by atoms with Gasteiger partial charge in [0.1, 0.15) is 17.4 Å². The van der Waals surface area contributed by atoms with Crippen molar-refractivity contribution < 1.29 is 23.8 Å². The summed E-state index contributed by atoms with van der Waals surface area (Å²) < 4.78 is 18.0. The summed E-state index contributed by atoms with van der Waals surface area (Å²) in [7, 11) is 1.55. The van der Waals surface area contributed by atoms with E-state index in [4.69, 9.17) is 14.2 Å². The van der Waals surface area contributed by atoms with E-state index in [0.29, 0.717) is 38.5 Å². The maximum absolute atomic E-state index is 12.7. The van der Waals surface area contributed by atoms with E-state index in [-0.39, 0.29) is 11.3 Å². The van der Waals surface area contributed by atoms with Crippen LogP contribution in [0.2, 0.25) is 0 Å². The minimum absolute atomic E-state index is 0.0786. The van der Waals surface area contributed by atoms with Gasteiger partial charge in [-0.15, -0.1) is 0 Å². The zero-order chi connectivity index (χ0) is 25.4. The van der Waals surface area contributed by atoms with Crippen molar-refractivity contribution in [1.82, 2.24) is 0 Å². The normalized spacial score (nSPS) is 10.8. The van der Waals surface area contributed by atoms with Gasteiger partial charge in [0.25, 0.3) is 5.91 Å². The van der Waals surface area contributed by atoms with Crippen LogP contribution in [-0.2, 0) is 4.79 Å². The fourth-order valence-electron chi connectivity index (χ4n) is 2.99. The minimum Gasteiger partial charge on any atom is -0.497 e. The van der Waals surface area contributed by atoms with Gasteiger partial charge in [-0.2, -0.15) is 5.26 Å². The van der Waals surface area contributed by atoms with Crippen LogP contribution in [0, 0.1) is 18.5 Å². The zero-order valence-corrected chi connectivity index (χ0v) is 23.1. The number of rotatable bonds is 8. The predicted molar refractivity (Wildman–Crippen MR) is 150 cm³/mol. The van der Waals surface area contributed by atoms with Crippen LogP contribution in [0.3, 0.4) is 0 Å². The molecule has 9 heteroatoms. The molecule has 0 radical (unpaired) electrons. The molecule has 0 unspecified atom stereocenters. The van der Waals surface area contributed by atoms with Crippen molar-refractivity contribution in [3.05, 3.63) is 84.5 Å². The molecule has 3 rings (SSSR count). The Morgan fingerprint density at radius 1 is 1.09 bits per heavy atom. The van der Waals surface area contributed by atoms with E-state index in [1.54, 1.807) is 62.6 Å². The van der Waals surface area contributed by atoms with Crippen molar-refractivity contribution >= 4 is 68.8 Å². The van der Waals surface area contributed by atoms with Crippen LogP contribution >= 0.6 is 45.2 Å². The summed E-state index contributed by atoms with van der Waals surface area (Å²) in [5.41, 5.74) is 1.42. The monoisotopic (exact) mass is 694 g/mol. The highest BCUT2D eigenvalue weighted by atomic mass is 127. The molecule has 7 nitrogen and oxygen atoms in total. The van der Waals surface area contributed by atoms with E-state index in [1.807, 2.05) is 40.8 Å². The number of methoxy groups -OCH3 is 1. The molecular weight excluding hydrogens is 674 g/mol. The molecule has 0 atom stereocenters. The lowest BCUT2D eigenvalue weighted by molar-refractivity contribution is -0.112. The van der Waals surface area contributed by atoms with E-state index in [1.165, 1.54) is 6.08 Å². The number of ether oxygens (including phenoxy) is 3. The summed E-state index contributed by atoms with van der Waals surface area (Å²) in [6.07, 6.45) is 1.46. The summed E-state index contributed by atoms with van der Waals surface area (Å²) in [6, 6.07) is 19.1. The summed E-state index contributed by atoms with van der Waals surface area (Å²) in [4.78, 5) is 25.3. The molecule has 0 aliphatic rings. The van der Waals surface area contributed by atoms with E-state index >= 15 is 0 Å². The second-order valence-corrected chi connectivity index (χ2v) is 9.42. The van der Waals surface area contributed by atoms with Gasteiger partial charge in [0.15, 0.2) is 11.5 Å². The first-order valence-corrected chi connectivity index (χ1v) is 12.5. The Labute approximate surface area is 230 Å². The summed E-state index contributed by atoms with van der Waals surface area (Å²) in [6.45, 7) is 2.13. The Morgan fingerprint density at radius 2 is 1.83 bits per heavy atom. The second kappa shape index (κ2) is 12.6. The quantitative estimate of drug-likeness (QED) is 0.101. The van der Waals surface area contributed by atoms with Crippen LogP contribution in [0.25, 0.3) is 6.08 Å². The third-order valence-electron chi connectivity index (χ3n) is 4.61. The minimum atomic E-state index is -0.551. The second-order valence-electron chi connectivity index (χ2n) is 7.02. The van der Waals surface area contributed by atoms with E-state index < -0.39 is 11.9 Å². The molecule has 0 saturated carbocycles. The summed E-state index contributed by atoms with van der Waals surface area (Å²) in [5, 5.41) is 12.3. The summed E-state index contributed by atoms with van der Waals surface area (Å²) in [5.74, 6) is 0.124. The lowest BCUT2D eigenvalue weighted by atomic mass is 10.1. The Kier molecular flexibility index (Phi) is 9.50. The van der Waals surface area contributed by atoms with Crippen molar-refractivity contribution in [1.29, 1.82) is 5.26 Å². The highest BCUT2D eigenvalue weighted by molar-refractivity contribution is 14.1. The van der Waals surface area contributed by atoms with E-state index in [2.05, 4.69) is 27.9 Å². The number of anilines is 1. The number of esters is 1. The Hall–Kier alpha value is -3.11. The molecule has 1 amide bonds. The molecule has 35 heavy (non-hydrogen) atoms. The number of halogens is 2. The summed E-state index contributed by atoms with van der Waals surface area (Å²) >= 11 is 4.17. The smallest absolute Gasteiger partial charge is 0.343 e. The maximum Gasteiger partial charge on any atom is 0.343 e. The first kappa shape index (κ1) is 26.5. The molecule has 0 saturated heterocycles. The molecular formula is C26H20I2N2O5. The highest BCUT2D eigenvalue weighted by Crippen LogP contribution is 2.35. The Balaban J connectivity index is 1.87. The van der Waals surface area contributed by atoms with Crippen LogP contribution in [0.15, 0.2) is 66.2 Å². The number of carbonyl (C=O) groups excluding carboxylic acids is 2. The number of hydrogen-bond donors (Lipinski definition) is 1. The molecule has 3 aromatic carbocycles. The third-order valence-corrected chi connectivity index (χ3v) is 6.08. The third kappa shape index (κ3) is 7.19. The fourth-order valence-corrected chi connectivity index (χ4v) is 4.27. The average Bonchev–Trinajstić information content (AvgIpc) is 2.84. The molecule has 178 valence electrons. The number of nitrogens with zero attached hydrogens (tertiary/aromatic N) is 1. The van der Waals surface area contributed by atoms with Gasteiger partial charge in [-0.3, -0.25) is 4.79 Å². The van der Waals surface area contributed by atoms with Gasteiger partial charge in [-0.05, 0) is 118 Å². The molecule has 0 spiro atoms. The van der Waals surface area contributed by atoms with E-state index in [9.17, 15) is 14.9 Å². The molecule has 0 aromatic heterocycles. The molecule has 0 bridgehead atoms. The van der Waals surface area contributed by atoms with Crippen LogP contribution in [0.1, 0.15) is 22.8 Å². The standard InChI is InChI=1S/C26H20I2N2O5/c1-3-34-23-13-16(11-18(15-29)25(31)30-20-6-4-5-19(27)14-20)12-22(28)24(23)35-26(32)17-7-9-21(33-2)10-8-17/h4-14H,3H2,1-2H3,(H,30,31)/b18-11+. The van der Waals surface area contributed by atoms with Crippen molar-refractivity contribution in [2.75, 3.05) is 19.0 Å². The van der Waals surface area contributed by atoms with Gasteiger partial charge in [-0.25, -0.2) is 4.79 Å². The SMILES string of the molecule is CCOc1cc(/C=C(\C#N)C(=O)Nc2cccc(I)c2)cc(I)c1OC(=O)c1ccc(OC)cc1. The molecule has 0 aliphatic carbocycles. The van der Waals surface area contributed by atoms with Gasteiger partial charge >= 0.3 is 5.97 Å². The Bertz CT molecular complexity index is 1310. The maximum atomic E-state index is 12.7. The van der Waals surface area contributed by atoms with Crippen LogP contribution in [0.5, 0.6) is 17.2 Å².